The molecule has 0 saturated heterocycles. The Morgan fingerprint density at radius 3 is 1.73 bits per heavy atom. The first-order chi connectivity index (χ1) is 10.4. The van der Waals surface area contributed by atoms with Crippen molar-refractivity contribution in [3.05, 3.63) is 59.2 Å². The molecular weight excluding hydrogens is 293 g/mol. The third-order valence-corrected chi connectivity index (χ3v) is 3.08. The van der Waals surface area contributed by atoms with Crippen LogP contribution in [0.15, 0.2) is 42.5 Å². The lowest BCUT2D eigenvalue weighted by molar-refractivity contribution is -0.137. The van der Waals surface area contributed by atoms with Crippen molar-refractivity contribution in [1.29, 1.82) is 0 Å². The van der Waals surface area contributed by atoms with E-state index in [9.17, 15) is 13.2 Å². The summed E-state index contributed by atoms with van der Waals surface area (Å²) >= 11 is 0. The third kappa shape index (κ3) is 4.04. The van der Waals surface area contributed by atoms with Crippen LogP contribution in [0.5, 0.6) is 11.5 Å². The van der Waals surface area contributed by atoms with Crippen molar-refractivity contribution in [1.82, 2.24) is 0 Å². The molecule has 2 aromatic rings. The molecule has 0 N–H and O–H groups in total. The van der Waals surface area contributed by atoms with Crippen molar-refractivity contribution in [2.24, 2.45) is 0 Å². The second-order valence-corrected chi connectivity index (χ2v) is 4.60. The lowest BCUT2D eigenvalue weighted by Gasteiger charge is -2.07. The minimum atomic E-state index is -4.32. The van der Waals surface area contributed by atoms with Crippen LogP contribution in [0, 0.1) is 0 Å². The van der Waals surface area contributed by atoms with Gasteiger partial charge in [0, 0.05) is 6.07 Å². The van der Waals surface area contributed by atoms with Crippen molar-refractivity contribution in [2.45, 2.75) is 6.18 Å². The number of alkyl halides is 3. The molecule has 0 saturated carbocycles. The van der Waals surface area contributed by atoms with Gasteiger partial charge in [0.25, 0.3) is 0 Å². The van der Waals surface area contributed by atoms with Gasteiger partial charge in [-0.25, -0.2) is 0 Å². The number of hydrogen-bond donors (Lipinski definition) is 0. The first kappa shape index (κ1) is 15.9. The predicted octanol–water partition coefficient (Wildman–Crippen LogP) is 4.89. The van der Waals surface area contributed by atoms with Gasteiger partial charge < -0.3 is 9.47 Å². The van der Waals surface area contributed by atoms with Crippen molar-refractivity contribution < 1.29 is 22.6 Å². The number of hydrogen-bond acceptors (Lipinski definition) is 2. The summed E-state index contributed by atoms with van der Waals surface area (Å²) in [6.07, 6.45) is -0.801. The molecule has 0 fully saturated rings. The lowest BCUT2D eigenvalue weighted by atomic mass is 10.1. The van der Waals surface area contributed by atoms with Crippen LogP contribution in [0.4, 0.5) is 13.2 Å². The molecular formula is C17H15F3O2. The Bertz CT molecular complexity index is 636. The molecule has 0 spiro atoms. The second kappa shape index (κ2) is 6.56. The summed E-state index contributed by atoms with van der Waals surface area (Å²) in [5, 5.41) is 0. The maximum atomic E-state index is 12.5. The number of halogens is 3. The second-order valence-electron chi connectivity index (χ2n) is 4.60. The van der Waals surface area contributed by atoms with Gasteiger partial charge in [-0.3, -0.25) is 0 Å². The number of methoxy groups -OCH3 is 2. The minimum Gasteiger partial charge on any atom is -0.497 e. The maximum absolute atomic E-state index is 12.5. The Morgan fingerprint density at radius 1 is 0.773 bits per heavy atom. The Labute approximate surface area is 126 Å². The monoisotopic (exact) mass is 308 g/mol. The molecule has 2 rings (SSSR count). The summed E-state index contributed by atoms with van der Waals surface area (Å²) in [4.78, 5) is 0. The zero-order valence-corrected chi connectivity index (χ0v) is 12.1. The van der Waals surface area contributed by atoms with Gasteiger partial charge >= 0.3 is 6.18 Å². The van der Waals surface area contributed by atoms with Crippen LogP contribution < -0.4 is 9.47 Å². The molecule has 0 aliphatic carbocycles. The number of rotatable bonds is 4. The summed E-state index contributed by atoms with van der Waals surface area (Å²) in [7, 11) is 3.11. The summed E-state index contributed by atoms with van der Waals surface area (Å²) in [5.74, 6) is 1.29. The molecule has 2 nitrogen and oxygen atoms in total. The normalized spacial score (nSPS) is 11.7. The molecule has 0 aromatic heterocycles. The molecule has 0 aliphatic rings. The molecule has 2 aromatic carbocycles. The van der Waals surface area contributed by atoms with Gasteiger partial charge in [0.2, 0.25) is 0 Å². The van der Waals surface area contributed by atoms with E-state index in [1.165, 1.54) is 12.1 Å². The van der Waals surface area contributed by atoms with E-state index in [2.05, 4.69) is 0 Å². The standard InChI is InChI=1S/C17H15F3O2/c1-21-15-9-13(10-16(11-15)22-2)4-3-12-5-7-14(8-6-12)17(18,19)20/h3-11H,1-2H3/b4-3-. The third-order valence-electron chi connectivity index (χ3n) is 3.08. The van der Waals surface area contributed by atoms with Gasteiger partial charge in [-0.2, -0.15) is 13.2 Å². The van der Waals surface area contributed by atoms with Crippen LogP contribution in [0.3, 0.4) is 0 Å². The summed E-state index contributed by atoms with van der Waals surface area (Å²) in [6.45, 7) is 0. The van der Waals surface area contributed by atoms with E-state index in [0.29, 0.717) is 17.1 Å². The van der Waals surface area contributed by atoms with E-state index in [0.717, 1.165) is 17.7 Å². The van der Waals surface area contributed by atoms with Crippen LogP contribution in [0.1, 0.15) is 16.7 Å². The van der Waals surface area contributed by atoms with E-state index in [-0.39, 0.29) is 0 Å². The first-order valence-corrected chi connectivity index (χ1v) is 6.51. The van der Waals surface area contributed by atoms with Crippen molar-refractivity contribution in [3.63, 3.8) is 0 Å². The molecule has 22 heavy (non-hydrogen) atoms. The highest BCUT2D eigenvalue weighted by Gasteiger charge is 2.29. The number of ether oxygens (including phenoxy) is 2. The Kier molecular flexibility index (Phi) is 4.75. The van der Waals surface area contributed by atoms with Crippen LogP contribution in [-0.4, -0.2) is 14.2 Å². The highest BCUT2D eigenvalue weighted by atomic mass is 19.4. The molecule has 116 valence electrons. The molecule has 0 radical (unpaired) electrons. The summed E-state index contributed by atoms with van der Waals surface area (Å²) in [6, 6.07) is 10.3. The van der Waals surface area contributed by atoms with Crippen molar-refractivity contribution >= 4 is 12.2 Å². The van der Waals surface area contributed by atoms with Crippen LogP contribution in [0.25, 0.3) is 12.2 Å². The highest BCUT2D eigenvalue weighted by molar-refractivity contribution is 5.71. The van der Waals surface area contributed by atoms with Crippen LogP contribution in [0.2, 0.25) is 0 Å². The van der Waals surface area contributed by atoms with Crippen molar-refractivity contribution in [3.8, 4) is 11.5 Å². The molecule has 0 amide bonds. The van der Waals surface area contributed by atoms with Gasteiger partial charge in [0.15, 0.2) is 0 Å². The molecule has 0 bridgehead atoms. The van der Waals surface area contributed by atoms with Crippen LogP contribution in [-0.2, 0) is 6.18 Å². The van der Waals surface area contributed by atoms with Crippen LogP contribution >= 0.6 is 0 Å². The molecule has 0 aliphatic heterocycles. The summed E-state index contributed by atoms with van der Waals surface area (Å²) in [5.41, 5.74) is 0.846. The average molecular weight is 308 g/mol. The SMILES string of the molecule is COc1cc(/C=C\c2ccc(C(F)(F)F)cc2)cc(OC)c1. The quantitative estimate of drug-likeness (QED) is 0.748. The predicted molar refractivity (Wildman–Crippen MR) is 79.9 cm³/mol. The molecule has 0 atom stereocenters. The van der Waals surface area contributed by atoms with Gasteiger partial charge in [-0.15, -0.1) is 0 Å². The zero-order chi connectivity index (χ0) is 16.2. The maximum Gasteiger partial charge on any atom is 0.416 e. The van der Waals surface area contributed by atoms with Gasteiger partial charge in [-0.1, -0.05) is 24.3 Å². The van der Waals surface area contributed by atoms with E-state index in [1.807, 2.05) is 12.1 Å². The fourth-order valence-corrected chi connectivity index (χ4v) is 1.90. The van der Waals surface area contributed by atoms with Gasteiger partial charge in [-0.05, 0) is 35.4 Å². The largest absolute Gasteiger partial charge is 0.497 e. The topological polar surface area (TPSA) is 18.5 Å². The highest BCUT2D eigenvalue weighted by Crippen LogP contribution is 2.29. The molecule has 0 unspecified atom stereocenters. The Balaban J connectivity index is 2.21. The Morgan fingerprint density at radius 2 is 1.27 bits per heavy atom. The average Bonchev–Trinajstić information content (AvgIpc) is 2.52. The fourth-order valence-electron chi connectivity index (χ4n) is 1.90. The molecule has 0 heterocycles. The first-order valence-electron chi connectivity index (χ1n) is 6.51. The summed E-state index contributed by atoms with van der Waals surface area (Å²) < 4.78 is 47.8. The van der Waals surface area contributed by atoms with Gasteiger partial charge in [0.1, 0.15) is 11.5 Å². The van der Waals surface area contributed by atoms with Gasteiger partial charge in [0.05, 0.1) is 19.8 Å². The van der Waals surface area contributed by atoms with E-state index >= 15 is 0 Å². The fraction of sp³-hybridized carbons (Fsp3) is 0.176. The lowest BCUT2D eigenvalue weighted by Crippen LogP contribution is -2.03. The number of benzene rings is 2. The zero-order valence-electron chi connectivity index (χ0n) is 12.1. The van der Waals surface area contributed by atoms with Crippen molar-refractivity contribution in [2.75, 3.05) is 14.2 Å². The van der Waals surface area contributed by atoms with E-state index in [4.69, 9.17) is 9.47 Å². The smallest absolute Gasteiger partial charge is 0.416 e. The Hall–Kier alpha value is -2.43. The van der Waals surface area contributed by atoms with E-state index < -0.39 is 11.7 Å². The van der Waals surface area contributed by atoms with E-state index in [1.54, 1.807) is 32.4 Å². The molecule has 5 heteroatoms. The minimum absolute atomic E-state index is 0.645.